The van der Waals surface area contributed by atoms with Crippen LogP contribution in [0.1, 0.15) is 20.3 Å². The van der Waals surface area contributed by atoms with Crippen LogP contribution in [0.25, 0.3) is 0 Å². The first-order valence-corrected chi connectivity index (χ1v) is 8.45. The highest BCUT2D eigenvalue weighted by Gasteiger charge is 2.32. The molecular weight excluding hydrogens is 296 g/mol. The van der Waals surface area contributed by atoms with Gasteiger partial charge >= 0.3 is 0 Å². The van der Waals surface area contributed by atoms with Gasteiger partial charge in [0.05, 0.1) is 6.54 Å². The molecule has 1 aliphatic rings. The average Bonchev–Trinajstić information content (AvgIpc) is 2.90. The average molecular weight is 316 g/mol. The van der Waals surface area contributed by atoms with Crippen molar-refractivity contribution in [2.45, 2.75) is 43.1 Å². The lowest BCUT2D eigenvalue weighted by atomic mass is 10.0. The number of benzene rings is 1. The highest BCUT2D eigenvalue weighted by molar-refractivity contribution is 8.00. The Kier molecular flexibility index (Phi) is 4.52. The summed E-state index contributed by atoms with van der Waals surface area (Å²) in [6.45, 7) is 5.20. The third-order valence-corrected chi connectivity index (χ3v) is 4.97. The molecule has 0 amide bonds. The summed E-state index contributed by atoms with van der Waals surface area (Å²) in [4.78, 5) is 16.6. The molecule has 0 N–H and O–H groups in total. The largest absolute Gasteiger partial charge is 0.458 e. The molecule has 22 heavy (non-hydrogen) atoms. The fraction of sp³-hybridized carbons (Fsp3) is 0.412. The molecular formula is C17H20N2O2S. The summed E-state index contributed by atoms with van der Waals surface area (Å²) in [6, 6.07) is 12.3. The molecule has 1 aromatic heterocycles. The van der Waals surface area contributed by atoms with E-state index in [1.165, 1.54) is 11.0 Å². The van der Waals surface area contributed by atoms with E-state index in [9.17, 15) is 4.79 Å². The van der Waals surface area contributed by atoms with Gasteiger partial charge in [0.1, 0.15) is 6.10 Å². The number of aromatic nitrogens is 2. The number of nitrogens with zero attached hydrogens (tertiary/aromatic N) is 2. The van der Waals surface area contributed by atoms with Gasteiger partial charge in [0.2, 0.25) is 0 Å². The first-order valence-electron chi connectivity index (χ1n) is 7.57. The zero-order valence-corrected chi connectivity index (χ0v) is 13.6. The van der Waals surface area contributed by atoms with Gasteiger partial charge in [0, 0.05) is 22.4 Å². The summed E-state index contributed by atoms with van der Waals surface area (Å²) in [5.41, 5.74) is -0.247. The topological polar surface area (TPSA) is 44.1 Å². The Labute approximate surface area is 134 Å². The fourth-order valence-electron chi connectivity index (χ4n) is 2.62. The monoisotopic (exact) mass is 316 g/mol. The molecule has 0 saturated heterocycles. The van der Waals surface area contributed by atoms with Gasteiger partial charge < -0.3 is 4.74 Å². The van der Waals surface area contributed by atoms with Crippen LogP contribution in [0.4, 0.5) is 0 Å². The van der Waals surface area contributed by atoms with Crippen LogP contribution in [0.2, 0.25) is 0 Å². The molecule has 2 aromatic rings. The molecule has 0 radical (unpaired) electrons. The van der Waals surface area contributed by atoms with E-state index in [0.29, 0.717) is 17.2 Å². The van der Waals surface area contributed by atoms with Gasteiger partial charge in [-0.25, -0.2) is 0 Å². The Morgan fingerprint density at radius 2 is 2.09 bits per heavy atom. The summed E-state index contributed by atoms with van der Waals surface area (Å²) in [6.07, 6.45) is 2.87. The zero-order valence-electron chi connectivity index (χ0n) is 12.8. The number of hydrogen-bond donors (Lipinski definition) is 0. The summed E-state index contributed by atoms with van der Waals surface area (Å²) in [5, 5.41) is 0.333. The van der Waals surface area contributed by atoms with Crippen LogP contribution in [0.5, 0.6) is 6.01 Å². The predicted molar refractivity (Wildman–Crippen MR) is 88.5 cm³/mol. The van der Waals surface area contributed by atoms with Crippen LogP contribution in [-0.2, 0) is 6.54 Å². The number of fused-ring (bicyclic) bond motifs is 1. The van der Waals surface area contributed by atoms with Crippen molar-refractivity contribution >= 4 is 11.8 Å². The number of thioether (sulfide) groups is 1. The lowest BCUT2D eigenvalue weighted by molar-refractivity contribution is 0.210. The third kappa shape index (κ3) is 3.53. The molecule has 0 saturated carbocycles. The van der Waals surface area contributed by atoms with E-state index in [4.69, 9.17) is 4.74 Å². The van der Waals surface area contributed by atoms with Gasteiger partial charge in [-0.2, -0.15) is 4.98 Å². The molecule has 5 heteroatoms. The molecule has 2 unspecified atom stereocenters. The minimum Gasteiger partial charge on any atom is -0.458 e. The summed E-state index contributed by atoms with van der Waals surface area (Å²) >= 11 is 1.84. The van der Waals surface area contributed by atoms with Gasteiger partial charge in [-0.1, -0.05) is 32.0 Å². The highest BCUT2D eigenvalue weighted by Crippen LogP contribution is 2.34. The van der Waals surface area contributed by atoms with Crippen LogP contribution < -0.4 is 10.3 Å². The minimum absolute atomic E-state index is 0.0434. The molecule has 0 aliphatic carbocycles. The lowest BCUT2D eigenvalue weighted by Gasteiger charge is -2.23. The van der Waals surface area contributed by atoms with Gasteiger partial charge in [-0.3, -0.25) is 9.36 Å². The van der Waals surface area contributed by atoms with Gasteiger partial charge in [-0.05, 0) is 24.5 Å². The lowest BCUT2D eigenvalue weighted by Crippen LogP contribution is -2.29. The van der Waals surface area contributed by atoms with Crippen LogP contribution in [0, 0.1) is 5.92 Å². The molecule has 0 fully saturated rings. The first kappa shape index (κ1) is 15.2. The number of hydrogen-bond acceptors (Lipinski definition) is 4. The quantitative estimate of drug-likeness (QED) is 0.795. The molecule has 116 valence electrons. The maximum atomic E-state index is 11.4. The maximum absolute atomic E-state index is 11.4. The Morgan fingerprint density at radius 3 is 2.82 bits per heavy atom. The molecule has 0 spiro atoms. The first-order chi connectivity index (χ1) is 10.6. The second-order valence-corrected chi connectivity index (χ2v) is 7.27. The fourth-order valence-corrected chi connectivity index (χ4v) is 4.06. The summed E-state index contributed by atoms with van der Waals surface area (Å²) in [7, 11) is 0. The van der Waals surface area contributed by atoms with Crippen LogP contribution >= 0.6 is 11.8 Å². The second-order valence-electron chi connectivity index (χ2n) is 5.96. The molecule has 2 atom stereocenters. The molecule has 2 heterocycles. The van der Waals surface area contributed by atoms with Crippen molar-refractivity contribution < 1.29 is 4.74 Å². The van der Waals surface area contributed by atoms with E-state index in [1.54, 1.807) is 6.20 Å². The van der Waals surface area contributed by atoms with E-state index in [2.05, 4.69) is 43.1 Å². The van der Waals surface area contributed by atoms with Crippen molar-refractivity contribution in [3.05, 3.63) is 52.9 Å². The smallest absolute Gasteiger partial charge is 0.300 e. The van der Waals surface area contributed by atoms with E-state index in [-0.39, 0.29) is 11.7 Å². The van der Waals surface area contributed by atoms with E-state index in [1.807, 2.05) is 22.4 Å². The zero-order chi connectivity index (χ0) is 15.5. The van der Waals surface area contributed by atoms with Gasteiger partial charge in [-0.15, -0.1) is 11.8 Å². The molecule has 1 aromatic carbocycles. The third-order valence-electron chi connectivity index (χ3n) is 3.63. The Balaban J connectivity index is 1.77. The van der Waals surface area contributed by atoms with Crippen LogP contribution in [0.15, 0.2) is 52.3 Å². The van der Waals surface area contributed by atoms with E-state index >= 15 is 0 Å². The molecule has 1 aliphatic heterocycles. The van der Waals surface area contributed by atoms with Crippen molar-refractivity contribution in [3.8, 4) is 6.01 Å². The van der Waals surface area contributed by atoms with Crippen LogP contribution in [0.3, 0.4) is 0 Å². The number of rotatable bonds is 5. The van der Waals surface area contributed by atoms with E-state index < -0.39 is 0 Å². The Hall–Kier alpha value is -1.75. The van der Waals surface area contributed by atoms with E-state index in [0.717, 1.165) is 13.0 Å². The summed E-state index contributed by atoms with van der Waals surface area (Å²) in [5.74, 6) is 0.585. The predicted octanol–water partition coefficient (Wildman–Crippen LogP) is 3.21. The highest BCUT2D eigenvalue weighted by atomic mass is 32.2. The Bertz CT molecular complexity index is 685. The Morgan fingerprint density at radius 1 is 1.32 bits per heavy atom. The van der Waals surface area contributed by atoms with Crippen molar-refractivity contribution in [1.82, 2.24) is 9.55 Å². The van der Waals surface area contributed by atoms with Crippen LogP contribution in [-0.4, -0.2) is 20.9 Å². The molecule has 0 bridgehead atoms. The minimum atomic E-state index is -0.247. The van der Waals surface area contributed by atoms with Gasteiger partial charge in [0.25, 0.3) is 11.6 Å². The van der Waals surface area contributed by atoms with Crippen molar-refractivity contribution in [3.63, 3.8) is 0 Å². The standard InChI is InChI=1S/C17H20N2O2S/c1-12(2)10-15(22-13-6-4-3-5-7-13)14-11-19-9-8-16(20)18-17(19)21-14/h3-9,12,14-15H,10-11H2,1-2H3. The van der Waals surface area contributed by atoms with Crippen molar-refractivity contribution in [1.29, 1.82) is 0 Å². The summed E-state index contributed by atoms with van der Waals surface area (Å²) < 4.78 is 7.88. The van der Waals surface area contributed by atoms with Crippen molar-refractivity contribution in [2.24, 2.45) is 5.92 Å². The molecule has 3 rings (SSSR count). The molecule has 4 nitrogen and oxygen atoms in total. The van der Waals surface area contributed by atoms with Gasteiger partial charge in [0.15, 0.2) is 0 Å². The normalized spacial score (nSPS) is 18.0. The number of ether oxygens (including phenoxy) is 1. The van der Waals surface area contributed by atoms with Crippen molar-refractivity contribution in [2.75, 3.05) is 0 Å². The SMILES string of the molecule is CC(C)CC(Sc1ccccc1)C1Cn2ccc(=O)nc2O1. The maximum Gasteiger partial charge on any atom is 0.300 e. The second kappa shape index (κ2) is 6.57.